The lowest BCUT2D eigenvalue weighted by molar-refractivity contribution is -0.150. The van der Waals surface area contributed by atoms with Crippen LogP contribution in [-0.2, 0) is 25.7 Å². The van der Waals surface area contributed by atoms with E-state index in [9.17, 15) is 9.59 Å². The second-order valence-corrected chi connectivity index (χ2v) is 14.2. The Hall–Kier alpha value is -4.82. The standard InChI is InChI=1S/C39H42ClN3O5/c1-24-32(36(44)47-38(3,4)5)34(33(25(2)41-24)37(45)48-39(6,7)8)31-22-43(29-12-10-9-11-13-29)42-35(31)27-16-20-30(21-17-27)46-23-26-14-18-28(40)19-15-26/h9-22,34,41H,23H2,1-8H3. The number of carbonyl (C=O) groups is 2. The molecule has 0 fully saturated rings. The fourth-order valence-electron chi connectivity index (χ4n) is 5.50. The van der Waals surface area contributed by atoms with Crippen molar-refractivity contribution < 1.29 is 23.8 Å². The molecular weight excluding hydrogens is 626 g/mol. The maximum absolute atomic E-state index is 14.0. The first-order chi connectivity index (χ1) is 22.6. The lowest BCUT2D eigenvalue weighted by atomic mass is 9.79. The van der Waals surface area contributed by atoms with Gasteiger partial charge >= 0.3 is 11.9 Å². The van der Waals surface area contributed by atoms with E-state index >= 15 is 0 Å². The number of nitrogens with zero attached hydrogens (tertiary/aromatic N) is 2. The van der Waals surface area contributed by atoms with Gasteiger partial charge in [0, 0.05) is 33.7 Å². The van der Waals surface area contributed by atoms with Gasteiger partial charge in [0.05, 0.1) is 28.4 Å². The number of para-hydroxylation sites is 1. The van der Waals surface area contributed by atoms with Crippen molar-refractivity contribution in [3.05, 3.63) is 124 Å². The van der Waals surface area contributed by atoms with Crippen LogP contribution >= 0.6 is 11.6 Å². The molecule has 0 spiro atoms. The topological polar surface area (TPSA) is 91.7 Å². The molecule has 1 aromatic heterocycles. The molecule has 4 aromatic rings. The van der Waals surface area contributed by atoms with Crippen LogP contribution in [0, 0.1) is 0 Å². The number of allylic oxidation sites excluding steroid dienone is 2. The maximum Gasteiger partial charge on any atom is 0.337 e. The van der Waals surface area contributed by atoms with Crippen molar-refractivity contribution in [2.75, 3.05) is 0 Å². The average Bonchev–Trinajstić information content (AvgIpc) is 3.44. The number of hydrogen-bond donors (Lipinski definition) is 1. The molecule has 9 heteroatoms. The summed E-state index contributed by atoms with van der Waals surface area (Å²) in [5.41, 5.74) is 4.10. The van der Waals surface area contributed by atoms with Crippen molar-refractivity contribution in [3.8, 4) is 22.7 Å². The Kier molecular flexibility index (Phi) is 9.87. The van der Waals surface area contributed by atoms with Crippen molar-refractivity contribution in [1.29, 1.82) is 0 Å². The van der Waals surface area contributed by atoms with Gasteiger partial charge in [-0.05, 0) is 109 Å². The molecule has 1 aliphatic heterocycles. The molecule has 250 valence electrons. The average molecular weight is 668 g/mol. The second-order valence-electron chi connectivity index (χ2n) is 13.8. The minimum absolute atomic E-state index is 0.313. The molecule has 0 amide bonds. The summed E-state index contributed by atoms with van der Waals surface area (Å²) < 4.78 is 19.7. The first kappa shape index (κ1) is 34.5. The zero-order valence-electron chi connectivity index (χ0n) is 28.7. The largest absolute Gasteiger partial charge is 0.489 e. The summed E-state index contributed by atoms with van der Waals surface area (Å²) >= 11 is 6.03. The van der Waals surface area contributed by atoms with Gasteiger partial charge in [0.15, 0.2) is 0 Å². The molecule has 8 nitrogen and oxygen atoms in total. The Morgan fingerprint density at radius 2 is 1.33 bits per heavy atom. The Morgan fingerprint density at radius 3 is 1.85 bits per heavy atom. The van der Waals surface area contributed by atoms with Crippen LogP contribution in [0.5, 0.6) is 5.75 Å². The first-order valence-corrected chi connectivity index (χ1v) is 16.3. The Balaban J connectivity index is 1.64. The fraction of sp³-hybridized carbons (Fsp3) is 0.308. The lowest BCUT2D eigenvalue weighted by Gasteiger charge is -2.33. The predicted octanol–water partition coefficient (Wildman–Crippen LogP) is 8.69. The predicted molar refractivity (Wildman–Crippen MR) is 188 cm³/mol. The summed E-state index contributed by atoms with van der Waals surface area (Å²) in [6, 6.07) is 24.8. The lowest BCUT2D eigenvalue weighted by Crippen LogP contribution is -2.36. The number of ether oxygens (including phenoxy) is 3. The molecule has 0 saturated heterocycles. The summed E-state index contributed by atoms with van der Waals surface area (Å²) in [7, 11) is 0. The summed E-state index contributed by atoms with van der Waals surface area (Å²) in [6.07, 6.45) is 1.88. The molecule has 0 aliphatic carbocycles. The van der Waals surface area contributed by atoms with Gasteiger partial charge in [-0.1, -0.05) is 41.9 Å². The number of nitrogens with one attached hydrogen (secondary N) is 1. The normalized spacial score (nSPS) is 14.1. The number of carbonyl (C=O) groups excluding carboxylic acids is 2. The van der Waals surface area contributed by atoms with Crippen LogP contribution in [0.3, 0.4) is 0 Å². The molecule has 1 aliphatic rings. The van der Waals surface area contributed by atoms with Gasteiger partial charge in [-0.25, -0.2) is 14.3 Å². The first-order valence-electron chi connectivity index (χ1n) is 15.9. The van der Waals surface area contributed by atoms with Crippen LogP contribution in [-0.4, -0.2) is 32.9 Å². The number of halogens is 1. The van der Waals surface area contributed by atoms with E-state index in [-0.39, 0.29) is 0 Å². The van der Waals surface area contributed by atoms with E-state index in [1.807, 2.05) is 140 Å². The van der Waals surface area contributed by atoms with E-state index in [2.05, 4.69) is 5.32 Å². The quantitative estimate of drug-likeness (QED) is 0.188. The van der Waals surface area contributed by atoms with Gasteiger partial charge in [-0.15, -0.1) is 0 Å². The van der Waals surface area contributed by atoms with Gasteiger partial charge in [0.25, 0.3) is 0 Å². The molecule has 0 bridgehead atoms. The summed E-state index contributed by atoms with van der Waals surface area (Å²) in [5, 5.41) is 8.96. The van der Waals surface area contributed by atoms with Crippen LogP contribution in [0.2, 0.25) is 5.02 Å². The molecule has 0 atom stereocenters. The third-order valence-electron chi connectivity index (χ3n) is 7.52. The third kappa shape index (κ3) is 8.17. The number of aromatic nitrogens is 2. The van der Waals surface area contributed by atoms with Crippen molar-refractivity contribution in [2.24, 2.45) is 0 Å². The highest BCUT2D eigenvalue weighted by Gasteiger charge is 2.42. The van der Waals surface area contributed by atoms with Crippen molar-refractivity contribution >= 4 is 23.5 Å². The minimum Gasteiger partial charge on any atom is -0.489 e. The molecule has 3 aromatic carbocycles. The van der Waals surface area contributed by atoms with E-state index in [4.69, 9.17) is 30.9 Å². The van der Waals surface area contributed by atoms with E-state index in [1.165, 1.54) is 0 Å². The smallest absolute Gasteiger partial charge is 0.337 e. The van der Waals surface area contributed by atoms with Crippen LogP contribution in [0.25, 0.3) is 16.9 Å². The van der Waals surface area contributed by atoms with E-state index in [0.29, 0.717) is 51.2 Å². The minimum atomic E-state index is -0.843. The highest BCUT2D eigenvalue weighted by atomic mass is 35.5. The number of rotatable bonds is 8. The van der Waals surface area contributed by atoms with Crippen LogP contribution < -0.4 is 10.1 Å². The Morgan fingerprint density at radius 1 is 0.792 bits per heavy atom. The van der Waals surface area contributed by atoms with Gasteiger partial charge in [0.1, 0.15) is 23.6 Å². The van der Waals surface area contributed by atoms with Crippen molar-refractivity contribution in [3.63, 3.8) is 0 Å². The summed E-state index contributed by atoms with van der Waals surface area (Å²) in [6.45, 7) is 14.9. The number of hydrogen-bond acceptors (Lipinski definition) is 7. The SMILES string of the molecule is CC1=C(C(=O)OC(C)(C)C)C(c2cn(-c3ccccc3)nc2-c2ccc(OCc3ccc(Cl)cc3)cc2)C(C(=O)OC(C)(C)C)=C(C)N1. The van der Waals surface area contributed by atoms with E-state index < -0.39 is 29.1 Å². The molecule has 2 heterocycles. The van der Waals surface area contributed by atoms with Gasteiger partial charge in [-0.2, -0.15) is 5.10 Å². The zero-order chi connectivity index (χ0) is 34.8. The molecule has 1 N–H and O–H groups in total. The zero-order valence-corrected chi connectivity index (χ0v) is 29.4. The number of esters is 2. The van der Waals surface area contributed by atoms with Crippen LogP contribution in [0.4, 0.5) is 0 Å². The second kappa shape index (κ2) is 13.7. The van der Waals surface area contributed by atoms with Gasteiger partial charge in [-0.3, -0.25) is 0 Å². The molecule has 48 heavy (non-hydrogen) atoms. The van der Waals surface area contributed by atoms with Crippen LogP contribution in [0.15, 0.2) is 108 Å². The van der Waals surface area contributed by atoms with Crippen LogP contribution in [0.1, 0.15) is 72.4 Å². The Bertz CT molecular complexity index is 1810. The van der Waals surface area contributed by atoms with Crippen molar-refractivity contribution in [2.45, 2.75) is 79.1 Å². The highest BCUT2D eigenvalue weighted by molar-refractivity contribution is 6.30. The van der Waals surface area contributed by atoms with E-state index in [1.54, 1.807) is 4.68 Å². The third-order valence-corrected chi connectivity index (χ3v) is 7.77. The highest BCUT2D eigenvalue weighted by Crippen LogP contribution is 2.44. The van der Waals surface area contributed by atoms with E-state index in [0.717, 1.165) is 16.8 Å². The fourth-order valence-corrected chi connectivity index (χ4v) is 5.63. The molecule has 0 unspecified atom stereocenters. The molecular formula is C39H42ClN3O5. The number of benzene rings is 3. The number of dihydropyridines is 1. The maximum atomic E-state index is 14.0. The monoisotopic (exact) mass is 667 g/mol. The Labute approximate surface area is 287 Å². The summed E-state index contributed by atoms with van der Waals surface area (Å²) in [4.78, 5) is 28.0. The molecule has 0 saturated carbocycles. The van der Waals surface area contributed by atoms with Crippen molar-refractivity contribution in [1.82, 2.24) is 15.1 Å². The molecule has 0 radical (unpaired) electrons. The molecule has 5 rings (SSSR count). The van der Waals surface area contributed by atoms with Gasteiger partial charge < -0.3 is 19.5 Å². The summed E-state index contributed by atoms with van der Waals surface area (Å²) in [5.74, 6) is -1.23. The van der Waals surface area contributed by atoms with Gasteiger partial charge in [0.2, 0.25) is 0 Å².